The number of benzene rings is 1. The fraction of sp³-hybridized carbons (Fsp3) is 0.632. The lowest BCUT2D eigenvalue weighted by Crippen LogP contribution is -2.25. The zero-order valence-electron chi connectivity index (χ0n) is 14.3. The van der Waals surface area contributed by atoms with Gasteiger partial charge in [-0.3, -0.25) is 4.79 Å². The summed E-state index contributed by atoms with van der Waals surface area (Å²) in [6.07, 6.45) is 9.43. The van der Waals surface area contributed by atoms with E-state index in [4.69, 9.17) is 14.2 Å². The number of rotatable bonds is 9. The van der Waals surface area contributed by atoms with Crippen molar-refractivity contribution in [3.8, 4) is 11.5 Å². The van der Waals surface area contributed by atoms with Gasteiger partial charge in [0.25, 0.3) is 0 Å². The molecule has 1 saturated heterocycles. The highest BCUT2D eigenvalue weighted by molar-refractivity contribution is 5.80. The molecule has 0 spiro atoms. The fourth-order valence-corrected chi connectivity index (χ4v) is 2.89. The lowest BCUT2D eigenvalue weighted by atomic mass is 10.0. The van der Waals surface area contributed by atoms with Crippen LogP contribution < -0.4 is 9.47 Å². The van der Waals surface area contributed by atoms with Gasteiger partial charge in [-0.05, 0) is 37.3 Å². The van der Waals surface area contributed by atoms with Crippen molar-refractivity contribution < 1.29 is 19.0 Å². The Bertz CT molecular complexity index is 492. The number of aldehydes is 1. The van der Waals surface area contributed by atoms with Gasteiger partial charge >= 0.3 is 0 Å². The predicted molar refractivity (Wildman–Crippen MR) is 90.4 cm³/mol. The molecule has 0 radical (unpaired) electrons. The quantitative estimate of drug-likeness (QED) is 0.495. The smallest absolute Gasteiger partial charge is 0.199 e. The molecule has 1 atom stereocenters. The lowest BCUT2D eigenvalue weighted by Gasteiger charge is -2.25. The van der Waals surface area contributed by atoms with Crippen LogP contribution in [0.5, 0.6) is 11.5 Å². The molecule has 1 aromatic carbocycles. The maximum Gasteiger partial charge on any atom is 0.199 e. The zero-order chi connectivity index (χ0) is 16.5. The van der Waals surface area contributed by atoms with Gasteiger partial charge in [0.15, 0.2) is 12.6 Å². The normalized spacial score (nSPS) is 17.7. The van der Waals surface area contributed by atoms with Crippen LogP contribution in [0.2, 0.25) is 0 Å². The largest absolute Gasteiger partial charge is 0.496 e. The van der Waals surface area contributed by atoms with Crippen LogP contribution >= 0.6 is 0 Å². The van der Waals surface area contributed by atoms with Crippen LogP contribution in [0.4, 0.5) is 0 Å². The van der Waals surface area contributed by atoms with Crippen LogP contribution in [0.25, 0.3) is 0 Å². The van der Waals surface area contributed by atoms with Gasteiger partial charge in [0.1, 0.15) is 11.5 Å². The molecule has 4 nitrogen and oxygen atoms in total. The minimum Gasteiger partial charge on any atom is -0.496 e. The first-order valence-corrected chi connectivity index (χ1v) is 8.72. The monoisotopic (exact) mass is 320 g/mol. The van der Waals surface area contributed by atoms with E-state index in [1.165, 1.54) is 19.3 Å². The van der Waals surface area contributed by atoms with E-state index < -0.39 is 0 Å². The molecule has 1 aromatic rings. The summed E-state index contributed by atoms with van der Waals surface area (Å²) in [5, 5.41) is 0. The van der Waals surface area contributed by atoms with Gasteiger partial charge in [0.2, 0.25) is 0 Å². The number of aryl methyl sites for hydroxylation is 1. The maximum absolute atomic E-state index is 11.3. The Morgan fingerprint density at radius 1 is 1.22 bits per heavy atom. The Labute approximate surface area is 139 Å². The third-order valence-electron chi connectivity index (χ3n) is 4.24. The molecular formula is C19H28O4. The van der Waals surface area contributed by atoms with Gasteiger partial charge in [-0.2, -0.15) is 0 Å². The molecule has 128 valence electrons. The van der Waals surface area contributed by atoms with Gasteiger partial charge in [0, 0.05) is 12.5 Å². The van der Waals surface area contributed by atoms with Gasteiger partial charge in [-0.1, -0.05) is 26.2 Å². The van der Waals surface area contributed by atoms with Crippen LogP contribution in [0.15, 0.2) is 12.1 Å². The van der Waals surface area contributed by atoms with Crippen molar-refractivity contribution in [3.63, 3.8) is 0 Å². The van der Waals surface area contributed by atoms with E-state index in [1.54, 1.807) is 7.11 Å². The Balaban J connectivity index is 2.15. The molecule has 0 saturated carbocycles. The summed E-state index contributed by atoms with van der Waals surface area (Å²) < 4.78 is 17.1. The summed E-state index contributed by atoms with van der Waals surface area (Å²) in [6.45, 7) is 2.95. The third kappa shape index (κ3) is 5.24. The molecule has 2 rings (SSSR count). The van der Waals surface area contributed by atoms with Gasteiger partial charge in [0.05, 0.1) is 19.3 Å². The molecule has 0 aromatic heterocycles. The highest BCUT2D eigenvalue weighted by atomic mass is 16.7. The molecule has 0 unspecified atom stereocenters. The number of carbonyl (C=O) groups excluding carboxylic acids is 1. The second kappa shape index (κ2) is 9.56. The summed E-state index contributed by atoms with van der Waals surface area (Å²) in [6, 6.07) is 3.73. The number of hydrogen-bond donors (Lipinski definition) is 0. The Morgan fingerprint density at radius 2 is 2.09 bits per heavy atom. The minimum atomic E-state index is -0.190. The number of carbonyl (C=O) groups is 1. The number of methoxy groups -OCH3 is 1. The summed E-state index contributed by atoms with van der Waals surface area (Å²) in [5.41, 5.74) is 1.65. The maximum atomic E-state index is 11.3. The van der Waals surface area contributed by atoms with E-state index in [0.29, 0.717) is 11.3 Å². The SMILES string of the molecule is CCCCCCc1cc(C=O)c(OC)cc1O[C@H]1CCCCO1. The summed E-state index contributed by atoms with van der Waals surface area (Å²) in [4.78, 5) is 11.3. The van der Waals surface area contributed by atoms with E-state index in [0.717, 1.165) is 56.3 Å². The lowest BCUT2D eigenvalue weighted by molar-refractivity contribution is -0.106. The van der Waals surface area contributed by atoms with Crippen LogP contribution in [-0.4, -0.2) is 26.3 Å². The number of ether oxygens (including phenoxy) is 3. The Hall–Kier alpha value is -1.55. The van der Waals surface area contributed by atoms with Crippen molar-refractivity contribution >= 4 is 6.29 Å². The van der Waals surface area contributed by atoms with Crippen molar-refractivity contribution in [1.29, 1.82) is 0 Å². The van der Waals surface area contributed by atoms with Gasteiger partial charge in [-0.25, -0.2) is 0 Å². The van der Waals surface area contributed by atoms with Crippen molar-refractivity contribution in [2.75, 3.05) is 13.7 Å². The van der Waals surface area contributed by atoms with Crippen LogP contribution in [0.3, 0.4) is 0 Å². The molecule has 0 aliphatic carbocycles. The average Bonchev–Trinajstić information content (AvgIpc) is 2.60. The second-order valence-electron chi connectivity index (χ2n) is 6.04. The van der Waals surface area contributed by atoms with E-state index in [-0.39, 0.29) is 6.29 Å². The molecule has 4 heteroatoms. The average molecular weight is 320 g/mol. The number of hydrogen-bond acceptors (Lipinski definition) is 4. The van der Waals surface area contributed by atoms with E-state index in [2.05, 4.69) is 6.92 Å². The topological polar surface area (TPSA) is 44.8 Å². The molecule has 1 heterocycles. The van der Waals surface area contributed by atoms with Gasteiger partial charge in [-0.15, -0.1) is 0 Å². The first-order valence-electron chi connectivity index (χ1n) is 8.72. The van der Waals surface area contributed by atoms with Crippen LogP contribution in [0, 0.1) is 0 Å². The highest BCUT2D eigenvalue weighted by Crippen LogP contribution is 2.31. The number of unbranched alkanes of at least 4 members (excludes halogenated alkanes) is 3. The molecule has 23 heavy (non-hydrogen) atoms. The molecule has 1 aliphatic heterocycles. The van der Waals surface area contributed by atoms with E-state index >= 15 is 0 Å². The first kappa shape index (κ1) is 17.8. The Morgan fingerprint density at radius 3 is 2.74 bits per heavy atom. The first-order chi connectivity index (χ1) is 11.3. The fourth-order valence-electron chi connectivity index (χ4n) is 2.89. The summed E-state index contributed by atoms with van der Waals surface area (Å²) in [5.74, 6) is 1.35. The Kier molecular flexibility index (Phi) is 7.40. The molecule has 1 aliphatic rings. The molecule has 1 fully saturated rings. The van der Waals surface area contributed by atoms with Crippen molar-refractivity contribution in [2.24, 2.45) is 0 Å². The molecule has 0 amide bonds. The summed E-state index contributed by atoms with van der Waals surface area (Å²) in [7, 11) is 1.57. The van der Waals surface area contributed by atoms with Crippen molar-refractivity contribution in [1.82, 2.24) is 0 Å². The zero-order valence-corrected chi connectivity index (χ0v) is 14.3. The van der Waals surface area contributed by atoms with Crippen LogP contribution in [-0.2, 0) is 11.2 Å². The van der Waals surface area contributed by atoms with Gasteiger partial charge < -0.3 is 14.2 Å². The highest BCUT2D eigenvalue weighted by Gasteiger charge is 2.19. The van der Waals surface area contributed by atoms with E-state index in [1.807, 2.05) is 12.1 Å². The third-order valence-corrected chi connectivity index (χ3v) is 4.24. The summed E-state index contributed by atoms with van der Waals surface area (Å²) >= 11 is 0. The predicted octanol–water partition coefficient (Wildman–Crippen LogP) is 4.54. The van der Waals surface area contributed by atoms with Crippen molar-refractivity contribution in [3.05, 3.63) is 23.3 Å². The minimum absolute atomic E-state index is 0.190. The van der Waals surface area contributed by atoms with E-state index in [9.17, 15) is 4.79 Å². The second-order valence-corrected chi connectivity index (χ2v) is 6.04. The molecular weight excluding hydrogens is 292 g/mol. The van der Waals surface area contributed by atoms with Crippen LogP contribution in [0.1, 0.15) is 67.8 Å². The molecule has 0 N–H and O–H groups in total. The molecule has 0 bridgehead atoms. The van der Waals surface area contributed by atoms with Crippen molar-refractivity contribution in [2.45, 2.75) is 64.6 Å². The standard InChI is InChI=1S/C19H28O4/c1-3-4-5-6-9-15-12-16(14-20)17(21-2)13-18(15)23-19-10-7-8-11-22-19/h12-14,19H,3-11H2,1-2H3/t19-/m0/s1.